The number of benzene rings is 1. The van der Waals surface area contributed by atoms with Crippen molar-refractivity contribution in [2.75, 3.05) is 12.0 Å². The number of hydrogen-bond acceptors (Lipinski definition) is 4. The van der Waals surface area contributed by atoms with Gasteiger partial charge < -0.3 is 0 Å². The SMILES string of the molecule is O=C(CCN1C(=O)[C@H]2CC=CC[C@H]2C1=O)NNc1ccc(Cl)cc1. The molecule has 1 saturated heterocycles. The van der Waals surface area contributed by atoms with Gasteiger partial charge in [0.25, 0.3) is 0 Å². The number of imide groups is 1. The van der Waals surface area contributed by atoms with E-state index >= 15 is 0 Å². The van der Waals surface area contributed by atoms with Crippen LogP contribution in [0, 0.1) is 11.8 Å². The lowest BCUT2D eigenvalue weighted by Gasteiger charge is -2.15. The van der Waals surface area contributed by atoms with Gasteiger partial charge in [0.15, 0.2) is 0 Å². The normalized spacial score (nSPS) is 22.5. The number of nitrogens with one attached hydrogen (secondary N) is 2. The number of carbonyl (C=O) groups is 3. The number of amides is 3. The van der Waals surface area contributed by atoms with Crippen molar-refractivity contribution in [1.29, 1.82) is 0 Å². The third-order valence-corrected chi connectivity index (χ3v) is 4.60. The summed E-state index contributed by atoms with van der Waals surface area (Å²) in [6, 6.07) is 6.86. The average Bonchev–Trinajstić information content (AvgIpc) is 2.84. The van der Waals surface area contributed by atoms with Gasteiger partial charge in [0, 0.05) is 18.0 Å². The van der Waals surface area contributed by atoms with Crippen LogP contribution in [0.4, 0.5) is 5.69 Å². The van der Waals surface area contributed by atoms with Crippen molar-refractivity contribution in [2.45, 2.75) is 19.3 Å². The zero-order valence-corrected chi connectivity index (χ0v) is 13.8. The largest absolute Gasteiger partial charge is 0.299 e. The standard InChI is InChI=1S/C17H18ClN3O3/c18-11-5-7-12(8-6-11)19-20-15(22)9-10-21-16(23)13-3-1-2-4-14(13)17(21)24/h1-2,5-8,13-14,19H,3-4,9-10H2,(H,20,22)/t13-,14+. The molecule has 0 radical (unpaired) electrons. The third kappa shape index (κ3) is 3.43. The molecule has 0 unspecified atom stereocenters. The molecule has 1 fully saturated rings. The van der Waals surface area contributed by atoms with Gasteiger partial charge in [0.1, 0.15) is 0 Å². The van der Waals surface area contributed by atoms with E-state index in [-0.39, 0.29) is 42.5 Å². The van der Waals surface area contributed by atoms with Crippen molar-refractivity contribution in [2.24, 2.45) is 11.8 Å². The van der Waals surface area contributed by atoms with Crippen molar-refractivity contribution in [3.05, 3.63) is 41.4 Å². The van der Waals surface area contributed by atoms with E-state index in [1.165, 1.54) is 4.90 Å². The summed E-state index contributed by atoms with van der Waals surface area (Å²) in [5, 5.41) is 0.605. The maximum Gasteiger partial charge on any atom is 0.240 e. The maximum atomic E-state index is 12.3. The Kier molecular flexibility index (Phi) is 4.85. The minimum atomic E-state index is -0.293. The van der Waals surface area contributed by atoms with Crippen LogP contribution in [0.5, 0.6) is 0 Å². The Morgan fingerprint density at radius 2 is 1.67 bits per heavy atom. The highest BCUT2D eigenvalue weighted by molar-refractivity contribution is 6.30. The van der Waals surface area contributed by atoms with Crippen LogP contribution in [0.15, 0.2) is 36.4 Å². The zero-order chi connectivity index (χ0) is 17.1. The van der Waals surface area contributed by atoms with Gasteiger partial charge in [0.05, 0.1) is 17.5 Å². The summed E-state index contributed by atoms with van der Waals surface area (Å²) in [6.07, 6.45) is 5.16. The van der Waals surface area contributed by atoms with Crippen LogP contribution < -0.4 is 10.9 Å². The number of halogens is 1. The van der Waals surface area contributed by atoms with E-state index in [9.17, 15) is 14.4 Å². The monoisotopic (exact) mass is 347 g/mol. The number of rotatable bonds is 5. The second-order valence-corrected chi connectivity index (χ2v) is 6.35. The molecular weight excluding hydrogens is 330 g/mol. The molecule has 2 N–H and O–H groups in total. The Bertz CT molecular complexity index is 661. The van der Waals surface area contributed by atoms with E-state index in [4.69, 9.17) is 11.6 Å². The van der Waals surface area contributed by atoms with Crippen LogP contribution in [0.25, 0.3) is 0 Å². The summed E-state index contributed by atoms with van der Waals surface area (Å²) in [7, 11) is 0. The molecule has 1 aliphatic heterocycles. The first-order valence-electron chi connectivity index (χ1n) is 7.87. The summed E-state index contributed by atoms with van der Waals surface area (Å²) in [5.74, 6) is -1.12. The van der Waals surface area contributed by atoms with Crippen LogP contribution in [0.2, 0.25) is 5.02 Å². The molecule has 0 bridgehead atoms. The van der Waals surface area contributed by atoms with Crippen molar-refractivity contribution in [3.8, 4) is 0 Å². The molecule has 0 saturated carbocycles. The van der Waals surface area contributed by atoms with Gasteiger partial charge in [-0.15, -0.1) is 0 Å². The number of allylic oxidation sites excluding steroid dienone is 2. The number of anilines is 1. The number of nitrogens with zero attached hydrogens (tertiary/aromatic N) is 1. The van der Waals surface area contributed by atoms with Crippen molar-refractivity contribution in [3.63, 3.8) is 0 Å². The Hall–Kier alpha value is -2.34. The molecule has 2 aliphatic rings. The Labute approximate surface area is 144 Å². The van der Waals surface area contributed by atoms with Gasteiger partial charge in [-0.1, -0.05) is 23.8 Å². The molecular formula is C17H18ClN3O3. The van der Waals surface area contributed by atoms with Crippen molar-refractivity contribution < 1.29 is 14.4 Å². The predicted molar refractivity (Wildman–Crippen MR) is 89.9 cm³/mol. The van der Waals surface area contributed by atoms with Crippen LogP contribution in [-0.2, 0) is 14.4 Å². The number of carbonyl (C=O) groups excluding carboxylic acids is 3. The fraction of sp³-hybridized carbons (Fsp3) is 0.353. The minimum Gasteiger partial charge on any atom is -0.299 e. The molecule has 126 valence electrons. The van der Waals surface area contributed by atoms with Gasteiger partial charge >= 0.3 is 0 Å². The lowest BCUT2D eigenvalue weighted by Crippen LogP contribution is -2.37. The van der Waals surface area contributed by atoms with Crippen LogP contribution in [-0.4, -0.2) is 29.2 Å². The molecule has 7 heteroatoms. The quantitative estimate of drug-likeness (QED) is 0.486. The average molecular weight is 348 g/mol. The first-order chi connectivity index (χ1) is 11.6. The van der Waals surface area contributed by atoms with E-state index in [0.717, 1.165) is 0 Å². The fourth-order valence-electron chi connectivity index (χ4n) is 3.04. The highest BCUT2D eigenvalue weighted by Crippen LogP contribution is 2.34. The zero-order valence-electron chi connectivity index (χ0n) is 13.0. The molecule has 3 amide bonds. The minimum absolute atomic E-state index is 0.0605. The first kappa shape index (κ1) is 16.5. The number of hydrazine groups is 1. The summed E-state index contributed by atoms with van der Waals surface area (Å²) >= 11 is 5.79. The summed E-state index contributed by atoms with van der Waals surface area (Å²) < 4.78 is 0. The number of likely N-dealkylation sites (tertiary alicyclic amines) is 1. The Morgan fingerprint density at radius 3 is 2.25 bits per heavy atom. The van der Waals surface area contributed by atoms with Gasteiger partial charge in [-0.2, -0.15) is 0 Å². The van der Waals surface area contributed by atoms with Crippen LogP contribution in [0.1, 0.15) is 19.3 Å². The molecule has 24 heavy (non-hydrogen) atoms. The highest BCUT2D eigenvalue weighted by Gasteiger charge is 2.46. The molecule has 6 nitrogen and oxygen atoms in total. The van der Waals surface area contributed by atoms with Crippen molar-refractivity contribution in [1.82, 2.24) is 10.3 Å². The van der Waals surface area contributed by atoms with E-state index in [2.05, 4.69) is 10.9 Å². The van der Waals surface area contributed by atoms with E-state index in [1.54, 1.807) is 24.3 Å². The highest BCUT2D eigenvalue weighted by atomic mass is 35.5. The summed E-state index contributed by atoms with van der Waals surface area (Å²) in [4.78, 5) is 37.7. The van der Waals surface area contributed by atoms with Gasteiger partial charge in [-0.3, -0.25) is 30.1 Å². The topological polar surface area (TPSA) is 78.5 Å². The molecule has 3 rings (SSSR count). The Balaban J connectivity index is 1.48. The molecule has 1 aromatic rings. The second-order valence-electron chi connectivity index (χ2n) is 5.91. The number of fused-ring (bicyclic) bond motifs is 1. The molecule has 0 spiro atoms. The predicted octanol–water partition coefficient (Wildman–Crippen LogP) is 2.12. The Morgan fingerprint density at radius 1 is 1.08 bits per heavy atom. The molecule has 0 aromatic heterocycles. The second kappa shape index (κ2) is 7.05. The number of hydrogen-bond donors (Lipinski definition) is 2. The molecule has 1 aliphatic carbocycles. The van der Waals surface area contributed by atoms with E-state index < -0.39 is 0 Å². The first-order valence-corrected chi connectivity index (χ1v) is 8.24. The molecule has 1 aromatic carbocycles. The molecule has 2 atom stereocenters. The third-order valence-electron chi connectivity index (χ3n) is 4.35. The maximum absolute atomic E-state index is 12.3. The summed E-state index contributed by atoms with van der Waals surface area (Å²) in [6.45, 7) is 0.110. The lowest BCUT2D eigenvalue weighted by molar-refractivity contribution is -0.140. The van der Waals surface area contributed by atoms with Gasteiger partial charge in [0.2, 0.25) is 17.7 Å². The fourth-order valence-corrected chi connectivity index (χ4v) is 3.17. The van der Waals surface area contributed by atoms with Gasteiger partial charge in [-0.25, -0.2) is 0 Å². The van der Waals surface area contributed by atoms with Crippen LogP contribution >= 0.6 is 11.6 Å². The van der Waals surface area contributed by atoms with Crippen molar-refractivity contribution >= 4 is 35.0 Å². The van der Waals surface area contributed by atoms with E-state index in [0.29, 0.717) is 23.6 Å². The van der Waals surface area contributed by atoms with E-state index in [1.807, 2.05) is 12.2 Å². The van der Waals surface area contributed by atoms with Gasteiger partial charge in [-0.05, 0) is 37.1 Å². The van der Waals surface area contributed by atoms with Crippen LogP contribution in [0.3, 0.4) is 0 Å². The lowest BCUT2D eigenvalue weighted by atomic mass is 9.85. The molecule has 1 heterocycles. The smallest absolute Gasteiger partial charge is 0.240 e. The summed E-state index contributed by atoms with van der Waals surface area (Å²) in [5.41, 5.74) is 6.00.